The lowest BCUT2D eigenvalue weighted by molar-refractivity contribution is -0.120. The van der Waals surface area contributed by atoms with Gasteiger partial charge in [-0.3, -0.25) is 4.79 Å². The van der Waals surface area contributed by atoms with Crippen molar-refractivity contribution in [3.8, 4) is 0 Å². The molecule has 0 aliphatic carbocycles. The number of hydrogen-bond acceptors (Lipinski definition) is 5. The van der Waals surface area contributed by atoms with Gasteiger partial charge in [0.05, 0.1) is 19.8 Å². The maximum atomic E-state index is 11.6. The predicted molar refractivity (Wildman–Crippen MR) is 70.2 cm³/mol. The van der Waals surface area contributed by atoms with Gasteiger partial charge in [-0.05, 0) is 30.0 Å². The molecular weight excluding hydrogens is 254 g/mol. The third-order valence-electron chi connectivity index (χ3n) is 2.58. The first-order valence-electron chi connectivity index (χ1n) is 5.44. The largest absolute Gasteiger partial charge is 0.394 e. The van der Waals surface area contributed by atoms with Crippen LogP contribution in [0.25, 0.3) is 6.08 Å². The third kappa shape index (κ3) is 3.64. The molecule has 0 aromatic carbocycles. The summed E-state index contributed by atoms with van der Waals surface area (Å²) in [5, 5.41) is 31.5. The smallest absolute Gasteiger partial charge is 0.244 e. The standard InChI is InChI=1S/C12H17NO4S/c1-9-4-5-18-10(9)2-3-11(17)13-12(6-14,7-15)8-16/h2-5,14-16H,6-8H2,1H3,(H,13,17)/b3-2+. The second kappa shape index (κ2) is 6.65. The molecule has 1 aromatic rings. The number of aryl methyl sites for hydroxylation is 1. The van der Waals surface area contributed by atoms with Crippen LogP contribution in [0.15, 0.2) is 17.5 Å². The number of aliphatic hydroxyl groups is 3. The Labute approximate surface area is 109 Å². The number of thiophene rings is 1. The van der Waals surface area contributed by atoms with Gasteiger partial charge >= 0.3 is 0 Å². The topological polar surface area (TPSA) is 89.8 Å². The minimum Gasteiger partial charge on any atom is -0.394 e. The molecule has 5 nitrogen and oxygen atoms in total. The highest BCUT2D eigenvalue weighted by atomic mass is 32.1. The van der Waals surface area contributed by atoms with Gasteiger partial charge in [-0.2, -0.15) is 0 Å². The van der Waals surface area contributed by atoms with Crippen LogP contribution in [0.5, 0.6) is 0 Å². The zero-order valence-corrected chi connectivity index (χ0v) is 10.9. The van der Waals surface area contributed by atoms with E-state index in [1.54, 1.807) is 6.08 Å². The van der Waals surface area contributed by atoms with Gasteiger partial charge in [0, 0.05) is 11.0 Å². The van der Waals surface area contributed by atoms with Crippen molar-refractivity contribution in [2.45, 2.75) is 12.5 Å². The van der Waals surface area contributed by atoms with E-state index < -0.39 is 31.3 Å². The molecule has 0 radical (unpaired) electrons. The van der Waals surface area contributed by atoms with Crippen LogP contribution in [0.4, 0.5) is 0 Å². The number of carbonyl (C=O) groups excluding carboxylic acids is 1. The molecule has 0 aliphatic heterocycles. The summed E-state index contributed by atoms with van der Waals surface area (Å²) in [6, 6.07) is 1.95. The van der Waals surface area contributed by atoms with E-state index in [9.17, 15) is 4.79 Å². The number of hydrogen-bond donors (Lipinski definition) is 4. The second-order valence-electron chi connectivity index (χ2n) is 4.05. The van der Waals surface area contributed by atoms with E-state index in [0.29, 0.717) is 0 Å². The van der Waals surface area contributed by atoms with Crippen molar-refractivity contribution in [1.82, 2.24) is 5.32 Å². The molecule has 0 bridgehead atoms. The first kappa shape index (κ1) is 14.8. The Balaban J connectivity index is 2.66. The predicted octanol–water partition coefficient (Wildman–Crippen LogP) is -0.0984. The molecular formula is C12H17NO4S. The lowest BCUT2D eigenvalue weighted by Crippen LogP contribution is -2.56. The third-order valence-corrected chi connectivity index (χ3v) is 3.57. The first-order chi connectivity index (χ1) is 8.56. The summed E-state index contributed by atoms with van der Waals surface area (Å²) in [6.07, 6.45) is 2.97. The summed E-state index contributed by atoms with van der Waals surface area (Å²) in [4.78, 5) is 12.6. The maximum Gasteiger partial charge on any atom is 0.244 e. The van der Waals surface area contributed by atoms with Crippen LogP contribution >= 0.6 is 11.3 Å². The molecule has 18 heavy (non-hydrogen) atoms. The molecule has 0 aliphatic rings. The Morgan fingerprint density at radius 3 is 2.44 bits per heavy atom. The highest BCUT2D eigenvalue weighted by Gasteiger charge is 2.29. The van der Waals surface area contributed by atoms with Gasteiger partial charge < -0.3 is 20.6 Å². The van der Waals surface area contributed by atoms with Crippen molar-refractivity contribution in [2.24, 2.45) is 0 Å². The van der Waals surface area contributed by atoms with Gasteiger partial charge in [0.1, 0.15) is 5.54 Å². The van der Waals surface area contributed by atoms with Gasteiger partial charge in [0.25, 0.3) is 0 Å². The number of carbonyl (C=O) groups is 1. The number of aliphatic hydroxyl groups excluding tert-OH is 3. The Kier molecular flexibility index (Phi) is 5.49. The van der Waals surface area contributed by atoms with Crippen LogP contribution in [0.2, 0.25) is 0 Å². The van der Waals surface area contributed by atoms with Crippen LogP contribution in [-0.2, 0) is 4.79 Å². The number of nitrogens with one attached hydrogen (secondary N) is 1. The van der Waals surface area contributed by atoms with Crippen molar-refractivity contribution < 1.29 is 20.1 Å². The highest BCUT2D eigenvalue weighted by Crippen LogP contribution is 2.16. The van der Waals surface area contributed by atoms with E-state index in [-0.39, 0.29) is 0 Å². The average molecular weight is 271 g/mol. The van der Waals surface area contributed by atoms with Crippen LogP contribution in [0.3, 0.4) is 0 Å². The van der Waals surface area contributed by atoms with Crippen molar-refractivity contribution in [3.05, 3.63) is 28.0 Å². The highest BCUT2D eigenvalue weighted by molar-refractivity contribution is 7.11. The Hall–Kier alpha value is -1.21. The van der Waals surface area contributed by atoms with Crippen LogP contribution < -0.4 is 5.32 Å². The monoisotopic (exact) mass is 271 g/mol. The van der Waals surface area contributed by atoms with Gasteiger partial charge in [-0.25, -0.2) is 0 Å². The minimum atomic E-state index is -1.38. The Morgan fingerprint density at radius 1 is 1.39 bits per heavy atom. The maximum absolute atomic E-state index is 11.6. The van der Waals surface area contributed by atoms with Crippen molar-refractivity contribution in [3.63, 3.8) is 0 Å². The molecule has 1 amide bonds. The SMILES string of the molecule is Cc1ccsc1/C=C/C(=O)NC(CO)(CO)CO. The molecule has 1 rings (SSSR count). The fourth-order valence-corrected chi connectivity index (χ4v) is 2.10. The van der Waals surface area contributed by atoms with Gasteiger partial charge in [-0.1, -0.05) is 0 Å². The van der Waals surface area contributed by atoms with E-state index in [4.69, 9.17) is 15.3 Å². The molecule has 0 saturated heterocycles. The van der Waals surface area contributed by atoms with Crippen molar-refractivity contribution >= 4 is 23.3 Å². The lowest BCUT2D eigenvalue weighted by Gasteiger charge is -2.27. The van der Waals surface area contributed by atoms with E-state index in [0.717, 1.165) is 10.4 Å². The summed E-state index contributed by atoms with van der Waals surface area (Å²) in [5.74, 6) is -0.472. The molecule has 4 N–H and O–H groups in total. The summed E-state index contributed by atoms with van der Waals surface area (Å²) in [7, 11) is 0. The summed E-state index contributed by atoms with van der Waals surface area (Å²) in [6.45, 7) is 0.348. The lowest BCUT2D eigenvalue weighted by atomic mass is 10.0. The molecule has 0 unspecified atom stereocenters. The fraction of sp³-hybridized carbons (Fsp3) is 0.417. The van der Waals surface area contributed by atoms with Crippen molar-refractivity contribution in [2.75, 3.05) is 19.8 Å². The van der Waals surface area contributed by atoms with Crippen LogP contribution in [-0.4, -0.2) is 46.6 Å². The molecule has 0 spiro atoms. The van der Waals surface area contributed by atoms with E-state index in [2.05, 4.69) is 5.32 Å². The zero-order chi connectivity index (χ0) is 13.6. The Morgan fingerprint density at radius 2 is 2.00 bits per heavy atom. The summed E-state index contributed by atoms with van der Waals surface area (Å²) >= 11 is 1.51. The fourth-order valence-electron chi connectivity index (χ4n) is 1.28. The quantitative estimate of drug-likeness (QED) is 0.544. The molecule has 0 saturated carbocycles. The zero-order valence-electron chi connectivity index (χ0n) is 10.1. The van der Waals surface area contributed by atoms with E-state index in [1.807, 2.05) is 18.4 Å². The first-order valence-corrected chi connectivity index (χ1v) is 6.32. The molecule has 1 aromatic heterocycles. The molecule has 0 atom stereocenters. The van der Waals surface area contributed by atoms with Gasteiger partial charge in [-0.15, -0.1) is 11.3 Å². The Bertz CT molecular complexity index is 415. The van der Waals surface area contributed by atoms with Gasteiger partial charge in [0.2, 0.25) is 5.91 Å². The summed E-state index contributed by atoms with van der Waals surface area (Å²) < 4.78 is 0. The van der Waals surface area contributed by atoms with Crippen molar-refractivity contribution in [1.29, 1.82) is 0 Å². The number of amides is 1. The van der Waals surface area contributed by atoms with Gasteiger partial charge in [0.15, 0.2) is 0 Å². The van der Waals surface area contributed by atoms with E-state index in [1.165, 1.54) is 17.4 Å². The molecule has 1 heterocycles. The normalized spacial score (nSPS) is 12.0. The van der Waals surface area contributed by atoms with Crippen LogP contribution in [0, 0.1) is 6.92 Å². The second-order valence-corrected chi connectivity index (χ2v) is 4.99. The number of rotatable bonds is 6. The molecule has 100 valence electrons. The average Bonchev–Trinajstić information content (AvgIpc) is 2.79. The molecule has 0 fully saturated rings. The summed E-state index contributed by atoms with van der Waals surface area (Å²) in [5.41, 5.74) is -0.312. The van der Waals surface area contributed by atoms with Crippen LogP contribution in [0.1, 0.15) is 10.4 Å². The molecule has 6 heteroatoms. The van der Waals surface area contributed by atoms with E-state index >= 15 is 0 Å². The minimum absolute atomic E-state index is 0.472.